The van der Waals surface area contributed by atoms with Gasteiger partial charge < -0.3 is 10.8 Å². The largest absolute Gasteiger partial charge is 0.481 e. The summed E-state index contributed by atoms with van der Waals surface area (Å²) in [4.78, 5) is 10.5. The van der Waals surface area contributed by atoms with Gasteiger partial charge in [-0.3, -0.25) is 4.79 Å². The van der Waals surface area contributed by atoms with Crippen LogP contribution in [0.4, 0.5) is 4.39 Å². The zero-order valence-electron chi connectivity index (χ0n) is 10.1. The number of carboxylic acid groups (broad SMARTS) is 1. The Balaban J connectivity index is 2.87. The molecule has 1 aromatic rings. The van der Waals surface area contributed by atoms with Crippen LogP contribution in [-0.4, -0.2) is 17.1 Å². The summed E-state index contributed by atoms with van der Waals surface area (Å²) in [6.45, 7) is 2.96. The highest BCUT2D eigenvalue weighted by molar-refractivity contribution is 5.67. The second kappa shape index (κ2) is 5.27. The van der Waals surface area contributed by atoms with Gasteiger partial charge in [0.1, 0.15) is 5.67 Å². The molecule has 3 nitrogen and oxygen atoms in total. The van der Waals surface area contributed by atoms with E-state index in [-0.39, 0.29) is 6.42 Å². The molecule has 0 fully saturated rings. The summed E-state index contributed by atoms with van der Waals surface area (Å²) < 4.78 is 13.9. The van der Waals surface area contributed by atoms with Crippen molar-refractivity contribution in [1.29, 1.82) is 0 Å². The number of halogens is 1. The van der Waals surface area contributed by atoms with Gasteiger partial charge in [0.2, 0.25) is 0 Å². The number of benzene rings is 1. The fourth-order valence-electron chi connectivity index (χ4n) is 1.86. The van der Waals surface area contributed by atoms with Crippen molar-refractivity contribution in [3.05, 3.63) is 35.4 Å². The highest BCUT2D eigenvalue weighted by Gasteiger charge is 2.23. The molecule has 1 aromatic carbocycles. The lowest BCUT2D eigenvalue weighted by Crippen LogP contribution is -2.27. The number of hydrogen-bond acceptors (Lipinski definition) is 2. The average Bonchev–Trinajstić information content (AvgIpc) is 2.15. The minimum atomic E-state index is -1.44. The van der Waals surface area contributed by atoms with Crippen molar-refractivity contribution in [3.63, 3.8) is 0 Å². The maximum atomic E-state index is 13.9. The van der Waals surface area contributed by atoms with Gasteiger partial charge in [-0.15, -0.1) is 0 Å². The lowest BCUT2D eigenvalue weighted by molar-refractivity contribution is -0.137. The Hall–Kier alpha value is -1.42. The minimum Gasteiger partial charge on any atom is -0.481 e. The Morgan fingerprint density at radius 3 is 2.59 bits per heavy atom. The molecule has 0 spiro atoms. The second-order valence-corrected chi connectivity index (χ2v) is 4.69. The molecule has 17 heavy (non-hydrogen) atoms. The average molecular weight is 239 g/mol. The van der Waals surface area contributed by atoms with E-state index in [2.05, 4.69) is 0 Å². The Bertz CT molecular complexity index is 399. The first-order valence-electron chi connectivity index (χ1n) is 5.55. The first-order chi connectivity index (χ1) is 7.80. The first kappa shape index (κ1) is 13.6. The Labute approximate surface area is 100 Å². The molecule has 1 unspecified atom stereocenters. The van der Waals surface area contributed by atoms with E-state index in [0.717, 1.165) is 5.56 Å². The molecule has 94 valence electrons. The Kier molecular flexibility index (Phi) is 4.23. The van der Waals surface area contributed by atoms with Crippen LogP contribution in [0.3, 0.4) is 0 Å². The highest BCUT2D eigenvalue weighted by Crippen LogP contribution is 2.28. The molecule has 0 heterocycles. The summed E-state index contributed by atoms with van der Waals surface area (Å²) in [5.74, 6) is -0.936. The van der Waals surface area contributed by atoms with E-state index in [1.165, 1.54) is 13.8 Å². The monoisotopic (exact) mass is 239 g/mol. The Morgan fingerprint density at radius 2 is 2.06 bits per heavy atom. The minimum absolute atomic E-state index is 0.110. The molecule has 0 saturated carbocycles. The molecule has 0 saturated heterocycles. The van der Waals surface area contributed by atoms with Crippen LogP contribution >= 0.6 is 0 Å². The van der Waals surface area contributed by atoms with Gasteiger partial charge in [0.05, 0.1) is 6.42 Å². The molecule has 0 bridgehead atoms. The van der Waals surface area contributed by atoms with Gasteiger partial charge in [0.25, 0.3) is 0 Å². The van der Waals surface area contributed by atoms with E-state index in [0.29, 0.717) is 12.0 Å². The Morgan fingerprint density at radius 1 is 1.47 bits per heavy atom. The number of carbonyl (C=O) groups is 1. The molecule has 3 N–H and O–H groups in total. The molecule has 0 aromatic heterocycles. The molecule has 1 atom stereocenters. The van der Waals surface area contributed by atoms with Crippen molar-refractivity contribution in [2.24, 2.45) is 5.73 Å². The van der Waals surface area contributed by atoms with Gasteiger partial charge in [-0.2, -0.15) is 0 Å². The number of aliphatic carboxylic acids is 1. The van der Waals surface area contributed by atoms with E-state index in [1.54, 1.807) is 24.3 Å². The van der Waals surface area contributed by atoms with E-state index in [4.69, 9.17) is 10.8 Å². The molecule has 1 rings (SSSR count). The summed E-state index contributed by atoms with van der Waals surface area (Å²) in [5.41, 5.74) is 5.61. The van der Waals surface area contributed by atoms with Crippen molar-refractivity contribution in [1.82, 2.24) is 0 Å². The van der Waals surface area contributed by atoms with Crippen LogP contribution in [0.25, 0.3) is 0 Å². The normalized spacial score (nSPS) is 13.4. The van der Waals surface area contributed by atoms with Crippen LogP contribution in [0.15, 0.2) is 24.3 Å². The maximum Gasteiger partial charge on any atom is 0.304 e. The second-order valence-electron chi connectivity index (χ2n) is 4.69. The lowest BCUT2D eigenvalue weighted by Gasteiger charge is -2.20. The van der Waals surface area contributed by atoms with Crippen molar-refractivity contribution in [2.75, 3.05) is 0 Å². The van der Waals surface area contributed by atoms with Crippen LogP contribution in [-0.2, 0) is 16.9 Å². The van der Waals surface area contributed by atoms with Crippen LogP contribution in [0.1, 0.15) is 31.4 Å². The van der Waals surface area contributed by atoms with Gasteiger partial charge in [-0.05, 0) is 31.4 Å². The summed E-state index contributed by atoms with van der Waals surface area (Å²) in [5, 5.41) is 8.64. The molecule has 0 aliphatic rings. The van der Waals surface area contributed by atoms with Crippen LogP contribution in [0.2, 0.25) is 0 Å². The van der Waals surface area contributed by atoms with Gasteiger partial charge in [0.15, 0.2) is 0 Å². The molecule has 0 amide bonds. The van der Waals surface area contributed by atoms with Gasteiger partial charge >= 0.3 is 5.97 Å². The fraction of sp³-hybridized carbons (Fsp3) is 0.462. The van der Waals surface area contributed by atoms with Crippen LogP contribution < -0.4 is 5.73 Å². The molecular formula is C13H18FNO2. The summed E-state index contributed by atoms with van der Waals surface area (Å²) in [7, 11) is 0. The number of hydrogen-bond donors (Lipinski definition) is 2. The van der Waals surface area contributed by atoms with E-state index < -0.39 is 17.7 Å². The third kappa shape index (κ3) is 4.15. The maximum absolute atomic E-state index is 13.9. The quantitative estimate of drug-likeness (QED) is 0.828. The van der Waals surface area contributed by atoms with Gasteiger partial charge in [-0.1, -0.05) is 24.3 Å². The molecule has 0 radical (unpaired) electrons. The van der Waals surface area contributed by atoms with Crippen molar-refractivity contribution < 1.29 is 14.3 Å². The van der Waals surface area contributed by atoms with E-state index in [9.17, 15) is 9.18 Å². The molecule has 0 aliphatic heterocycles. The first-order valence-corrected chi connectivity index (χ1v) is 5.55. The number of carboxylic acids is 1. The summed E-state index contributed by atoms with van der Waals surface area (Å²) in [6, 6.07) is 6.58. The molecular weight excluding hydrogens is 221 g/mol. The van der Waals surface area contributed by atoms with E-state index in [1.807, 2.05) is 0 Å². The lowest BCUT2D eigenvalue weighted by atomic mass is 9.91. The van der Waals surface area contributed by atoms with Crippen molar-refractivity contribution in [2.45, 2.75) is 38.4 Å². The molecule has 0 aliphatic carbocycles. The third-order valence-electron chi connectivity index (χ3n) is 2.58. The van der Waals surface area contributed by atoms with E-state index >= 15 is 0 Å². The highest BCUT2D eigenvalue weighted by atomic mass is 19.1. The molecule has 4 heteroatoms. The van der Waals surface area contributed by atoms with Crippen LogP contribution in [0, 0.1) is 0 Å². The zero-order valence-corrected chi connectivity index (χ0v) is 10.1. The standard InChI is InChI=1S/C13H18FNO2/c1-13(2,14)11-6-4-3-5-9(11)7-10(15)8-12(16)17/h3-6,10H,7-8,15H2,1-2H3,(H,16,17). The summed E-state index contributed by atoms with van der Waals surface area (Å²) in [6.07, 6.45) is 0.261. The number of nitrogens with two attached hydrogens (primary N) is 1. The van der Waals surface area contributed by atoms with Gasteiger partial charge in [0, 0.05) is 6.04 Å². The predicted molar refractivity (Wildman–Crippen MR) is 64.5 cm³/mol. The third-order valence-corrected chi connectivity index (χ3v) is 2.58. The number of rotatable bonds is 5. The smallest absolute Gasteiger partial charge is 0.304 e. The zero-order chi connectivity index (χ0) is 13.1. The topological polar surface area (TPSA) is 63.3 Å². The summed E-state index contributed by atoms with van der Waals surface area (Å²) >= 11 is 0. The van der Waals surface area contributed by atoms with Crippen molar-refractivity contribution in [3.8, 4) is 0 Å². The van der Waals surface area contributed by atoms with Gasteiger partial charge in [-0.25, -0.2) is 4.39 Å². The van der Waals surface area contributed by atoms with Crippen LogP contribution in [0.5, 0.6) is 0 Å². The fourth-order valence-corrected chi connectivity index (χ4v) is 1.86. The number of alkyl halides is 1. The van der Waals surface area contributed by atoms with Crippen molar-refractivity contribution >= 4 is 5.97 Å². The SMILES string of the molecule is CC(C)(F)c1ccccc1CC(N)CC(=O)O. The predicted octanol–water partition coefficient (Wildman–Crippen LogP) is 2.24.